The topological polar surface area (TPSA) is 18.0 Å². The van der Waals surface area contributed by atoms with Crippen molar-refractivity contribution in [3.8, 4) is 11.4 Å². The average Bonchev–Trinajstić information content (AvgIpc) is 4.17. The van der Waals surface area contributed by atoms with E-state index in [9.17, 15) is 0 Å². The van der Waals surface area contributed by atoms with E-state index in [0.717, 1.165) is 24.9 Å². The molecule has 1 aliphatic heterocycles. The summed E-state index contributed by atoms with van der Waals surface area (Å²) in [5, 5.41) is 7.62. The minimum absolute atomic E-state index is 0.108. The maximum atomic E-state index is 2.65. The molecule has 0 N–H and O–H groups in total. The molecule has 4 nitrogen and oxygen atoms in total. The molecule has 3 atom stereocenters. The predicted molar refractivity (Wildman–Crippen MR) is 294 cm³/mol. The first-order valence-corrected chi connectivity index (χ1v) is 24.9. The third-order valence-corrected chi connectivity index (χ3v) is 15.7. The summed E-state index contributed by atoms with van der Waals surface area (Å²) in [6, 6.07) is 68.1. The number of aromatic nitrogens is 3. The van der Waals surface area contributed by atoms with Crippen LogP contribution in [0.1, 0.15) is 42.3 Å². The van der Waals surface area contributed by atoms with Gasteiger partial charge < -0.3 is 18.6 Å². The predicted octanol–water partition coefficient (Wildman–Crippen LogP) is 16.9. The Morgan fingerprint density at radius 3 is 1.91 bits per heavy atom. The standard InChI is InChI=1S/C66H48N4/c1-4-19-43(20-5-1)45-39-46(44-21-6-2-7-22-44)41-50(40-45)67-61-34-17-13-30-57(61)63-62(67)38-37-54-51-27-10-15-32-59(51)69(64(54)63)48-25-18-26-49(42-48)70-60-33-16-12-29-53(60)56-36-35-55-52-28-11-14-31-58(52)68(65(55)66(56)70)47-23-8-3-9-24-47/h1,3-6,8-39,41-42,50,53,60H,2,7,40H2. The monoisotopic (exact) mass is 896 g/mol. The van der Waals surface area contributed by atoms with Crippen LogP contribution >= 0.6 is 0 Å². The van der Waals surface area contributed by atoms with Gasteiger partial charge in [0.15, 0.2) is 0 Å². The maximum absolute atomic E-state index is 2.65. The highest BCUT2D eigenvalue weighted by Gasteiger charge is 2.40. The van der Waals surface area contributed by atoms with E-state index in [1.807, 2.05) is 0 Å². The fraction of sp³-hybridized carbons (Fsp3) is 0.0909. The van der Waals surface area contributed by atoms with Gasteiger partial charge in [0.2, 0.25) is 0 Å². The number of hydrogen-bond donors (Lipinski definition) is 0. The number of anilines is 2. The highest BCUT2D eigenvalue weighted by molar-refractivity contribution is 6.26. The van der Waals surface area contributed by atoms with Crippen LogP contribution < -0.4 is 4.90 Å². The fourth-order valence-electron chi connectivity index (χ4n) is 12.8. The molecule has 3 unspecified atom stereocenters. The lowest BCUT2D eigenvalue weighted by Crippen LogP contribution is -2.28. The Labute approximate surface area is 406 Å². The molecule has 70 heavy (non-hydrogen) atoms. The van der Waals surface area contributed by atoms with Crippen molar-refractivity contribution in [3.63, 3.8) is 0 Å². The molecule has 8 aromatic carbocycles. The maximum Gasteiger partial charge on any atom is 0.0782 e. The quantitative estimate of drug-likeness (QED) is 0.163. The number of allylic oxidation sites excluding steroid dienone is 10. The van der Waals surface area contributed by atoms with Gasteiger partial charge in [-0.3, -0.25) is 0 Å². The Kier molecular flexibility index (Phi) is 8.70. The first kappa shape index (κ1) is 39.4. The molecule has 3 aliphatic carbocycles. The van der Waals surface area contributed by atoms with Crippen molar-refractivity contribution in [1.29, 1.82) is 0 Å². The van der Waals surface area contributed by atoms with Crippen LogP contribution in [-0.4, -0.2) is 19.7 Å². The van der Waals surface area contributed by atoms with Gasteiger partial charge in [-0.1, -0.05) is 182 Å². The lowest BCUT2D eigenvalue weighted by molar-refractivity contribution is 0.653. The fourth-order valence-corrected chi connectivity index (χ4v) is 12.8. The Bertz CT molecular complexity index is 4160. The Balaban J connectivity index is 0.967. The van der Waals surface area contributed by atoms with Gasteiger partial charge >= 0.3 is 0 Å². The Morgan fingerprint density at radius 2 is 1.13 bits per heavy atom. The zero-order valence-corrected chi connectivity index (χ0v) is 38.7. The van der Waals surface area contributed by atoms with Crippen LogP contribution in [0.25, 0.3) is 82.4 Å². The van der Waals surface area contributed by atoms with E-state index < -0.39 is 0 Å². The van der Waals surface area contributed by atoms with Crippen molar-refractivity contribution in [2.24, 2.45) is 0 Å². The molecule has 11 aromatic rings. The largest absolute Gasteiger partial charge is 0.333 e. The van der Waals surface area contributed by atoms with Gasteiger partial charge in [-0.2, -0.15) is 0 Å². The Hall–Kier alpha value is -8.60. The lowest BCUT2D eigenvalue weighted by Gasteiger charge is -2.30. The number of rotatable bonds is 6. The van der Waals surface area contributed by atoms with E-state index in [1.165, 1.54) is 110 Å². The van der Waals surface area contributed by atoms with Gasteiger partial charge in [-0.05, 0) is 102 Å². The highest BCUT2D eigenvalue weighted by Crippen LogP contribution is 2.53. The van der Waals surface area contributed by atoms with Gasteiger partial charge in [0.05, 0.1) is 45.4 Å². The number of para-hydroxylation sites is 4. The minimum atomic E-state index is 0.108. The van der Waals surface area contributed by atoms with E-state index in [-0.39, 0.29) is 18.0 Å². The normalized spacial score (nSPS) is 18.6. The summed E-state index contributed by atoms with van der Waals surface area (Å²) < 4.78 is 7.71. The number of benzene rings is 8. The molecule has 15 rings (SSSR count). The molecule has 0 radical (unpaired) electrons. The molecular formula is C66H48N4. The third kappa shape index (κ3) is 5.77. The van der Waals surface area contributed by atoms with Gasteiger partial charge in [-0.15, -0.1) is 0 Å². The van der Waals surface area contributed by atoms with Crippen LogP contribution in [0.5, 0.6) is 0 Å². The second-order valence-corrected chi connectivity index (χ2v) is 19.4. The molecule has 0 fully saturated rings. The van der Waals surface area contributed by atoms with Crippen LogP contribution in [0.4, 0.5) is 11.4 Å². The van der Waals surface area contributed by atoms with Crippen molar-refractivity contribution in [3.05, 3.63) is 259 Å². The summed E-state index contributed by atoms with van der Waals surface area (Å²) in [6.45, 7) is 0. The van der Waals surface area contributed by atoms with Crippen molar-refractivity contribution in [2.45, 2.75) is 37.3 Å². The summed E-state index contributed by atoms with van der Waals surface area (Å²) in [5.74, 6) is 0.214. The van der Waals surface area contributed by atoms with Crippen LogP contribution in [0.15, 0.2) is 248 Å². The molecule has 0 amide bonds. The van der Waals surface area contributed by atoms with Crippen molar-refractivity contribution in [2.75, 3.05) is 4.90 Å². The third-order valence-electron chi connectivity index (χ3n) is 15.7. The van der Waals surface area contributed by atoms with Gasteiger partial charge in [-0.25, -0.2) is 0 Å². The zero-order chi connectivity index (χ0) is 45.9. The summed E-state index contributed by atoms with van der Waals surface area (Å²) in [6.07, 6.45) is 24.4. The van der Waals surface area contributed by atoms with Crippen molar-refractivity contribution < 1.29 is 0 Å². The first-order chi connectivity index (χ1) is 34.8. The highest BCUT2D eigenvalue weighted by atomic mass is 15.2. The molecule has 3 aromatic heterocycles. The molecule has 0 bridgehead atoms. The van der Waals surface area contributed by atoms with Gasteiger partial charge in [0.25, 0.3) is 0 Å². The first-order valence-electron chi connectivity index (χ1n) is 24.9. The van der Waals surface area contributed by atoms with Crippen molar-refractivity contribution in [1.82, 2.24) is 13.7 Å². The van der Waals surface area contributed by atoms with Crippen LogP contribution in [-0.2, 0) is 0 Å². The summed E-state index contributed by atoms with van der Waals surface area (Å²) in [7, 11) is 0. The van der Waals surface area contributed by atoms with E-state index in [1.54, 1.807) is 0 Å². The van der Waals surface area contributed by atoms with Crippen LogP contribution in [0, 0.1) is 0 Å². The molecule has 0 spiro atoms. The van der Waals surface area contributed by atoms with E-state index in [0.29, 0.717) is 0 Å². The molecule has 332 valence electrons. The summed E-state index contributed by atoms with van der Waals surface area (Å²) >= 11 is 0. The molecule has 0 saturated heterocycles. The SMILES string of the molecule is C1=CC2c3ccc4c5ccccc5n(-c5ccccc5)c4c3N(c3cccc(-n4c5ccccc5c5ccc6c(c7ccccc7n6C6C=C(C7=CCCC=C7)C=C(c7ccccc7)C6)c54)c3)C2C=C1. The van der Waals surface area contributed by atoms with E-state index in [2.05, 4.69) is 255 Å². The smallest absolute Gasteiger partial charge is 0.0782 e. The van der Waals surface area contributed by atoms with Crippen LogP contribution in [0.3, 0.4) is 0 Å². The Morgan fingerprint density at radius 1 is 0.471 bits per heavy atom. The minimum Gasteiger partial charge on any atom is -0.333 e. The molecule has 0 saturated carbocycles. The van der Waals surface area contributed by atoms with Gasteiger partial charge in [0.1, 0.15) is 0 Å². The molecule has 4 heteroatoms. The second kappa shape index (κ2) is 15.5. The second-order valence-electron chi connectivity index (χ2n) is 19.4. The number of hydrogen-bond acceptors (Lipinski definition) is 1. The number of fused-ring (bicyclic) bond motifs is 14. The average molecular weight is 897 g/mol. The van der Waals surface area contributed by atoms with Crippen LogP contribution in [0.2, 0.25) is 0 Å². The number of nitrogens with zero attached hydrogens (tertiary/aromatic N) is 4. The van der Waals surface area contributed by atoms with Crippen molar-refractivity contribution >= 4 is 82.4 Å². The van der Waals surface area contributed by atoms with E-state index >= 15 is 0 Å². The molecule has 4 aliphatic rings. The molecule has 4 heterocycles. The lowest BCUT2D eigenvalue weighted by atomic mass is 9.86. The van der Waals surface area contributed by atoms with E-state index in [4.69, 9.17) is 0 Å². The zero-order valence-electron chi connectivity index (χ0n) is 38.7. The summed E-state index contributed by atoms with van der Waals surface area (Å²) in [5.41, 5.74) is 18.8. The summed E-state index contributed by atoms with van der Waals surface area (Å²) in [4.78, 5) is 2.64. The molecular weight excluding hydrogens is 849 g/mol. The van der Waals surface area contributed by atoms with Gasteiger partial charge in [0, 0.05) is 60.8 Å².